The minimum Gasteiger partial charge on any atom is -0.323 e. The number of halogens is 2. The van der Waals surface area contributed by atoms with E-state index in [1.165, 1.54) is 43.2 Å². The van der Waals surface area contributed by atoms with Crippen molar-refractivity contribution in [3.8, 4) is 0 Å². The van der Waals surface area contributed by atoms with E-state index >= 15 is 0 Å². The van der Waals surface area contributed by atoms with Gasteiger partial charge in [-0.05, 0) is 31.0 Å². The number of nitrogens with zero attached hydrogens (tertiary/aromatic N) is 3. The Morgan fingerprint density at radius 1 is 1.37 bits per heavy atom. The average Bonchev–Trinajstić information content (AvgIpc) is 3.06. The van der Waals surface area contributed by atoms with Crippen molar-refractivity contribution >= 4 is 39.3 Å². The highest BCUT2D eigenvalue weighted by Crippen LogP contribution is 2.33. The van der Waals surface area contributed by atoms with Gasteiger partial charge in [0, 0.05) is 16.9 Å². The SMILES string of the molecule is C=CCn1c(SCC(=O)Nc2ccc(Br)cc2F)nnc1C1CCCCC1. The number of thioether (sulfide) groups is 1. The van der Waals surface area contributed by atoms with Gasteiger partial charge < -0.3 is 9.88 Å². The number of hydrogen-bond acceptors (Lipinski definition) is 4. The number of allylic oxidation sites excluding steroid dienone is 1. The molecule has 0 radical (unpaired) electrons. The van der Waals surface area contributed by atoms with Crippen molar-refractivity contribution in [2.45, 2.75) is 49.7 Å². The Balaban J connectivity index is 1.65. The molecule has 0 bridgehead atoms. The third-order valence-corrected chi connectivity index (χ3v) is 6.03. The third-order valence-electron chi connectivity index (χ3n) is 4.57. The van der Waals surface area contributed by atoms with Crippen molar-refractivity contribution in [2.24, 2.45) is 0 Å². The standard InChI is InChI=1S/C19H22BrFN4OS/c1-2-10-25-18(13-6-4-3-5-7-13)23-24-19(25)27-12-17(26)22-16-9-8-14(20)11-15(16)21/h2,8-9,11,13H,1,3-7,10,12H2,(H,22,26). The molecule has 1 amide bonds. The number of rotatable bonds is 7. The molecule has 2 aromatic rings. The molecule has 3 rings (SSSR count). The van der Waals surface area contributed by atoms with Gasteiger partial charge in [0.1, 0.15) is 11.6 Å². The molecule has 1 aliphatic carbocycles. The highest BCUT2D eigenvalue weighted by Gasteiger charge is 2.23. The lowest BCUT2D eigenvalue weighted by atomic mass is 9.89. The van der Waals surface area contributed by atoms with E-state index in [1.54, 1.807) is 6.07 Å². The summed E-state index contributed by atoms with van der Waals surface area (Å²) < 4.78 is 16.5. The molecule has 1 saturated carbocycles. The maximum Gasteiger partial charge on any atom is 0.234 e. The quantitative estimate of drug-likeness (QED) is 0.466. The van der Waals surface area contributed by atoms with Crippen LogP contribution in [0, 0.1) is 5.82 Å². The van der Waals surface area contributed by atoms with Gasteiger partial charge in [0.2, 0.25) is 5.91 Å². The van der Waals surface area contributed by atoms with Crippen LogP contribution in [-0.4, -0.2) is 26.4 Å². The van der Waals surface area contributed by atoms with Gasteiger partial charge >= 0.3 is 0 Å². The molecule has 1 aromatic heterocycles. The number of aromatic nitrogens is 3. The van der Waals surface area contributed by atoms with E-state index in [9.17, 15) is 9.18 Å². The zero-order valence-corrected chi connectivity index (χ0v) is 17.4. The van der Waals surface area contributed by atoms with Crippen molar-refractivity contribution in [1.29, 1.82) is 0 Å². The van der Waals surface area contributed by atoms with Crippen LogP contribution in [0.5, 0.6) is 0 Å². The number of carbonyl (C=O) groups is 1. The molecule has 8 heteroatoms. The number of amides is 1. The van der Waals surface area contributed by atoms with Crippen LogP contribution >= 0.6 is 27.7 Å². The van der Waals surface area contributed by atoms with Crippen molar-refractivity contribution < 1.29 is 9.18 Å². The van der Waals surface area contributed by atoms with E-state index in [0.29, 0.717) is 22.1 Å². The second kappa shape index (κ2) is 9.50. The minimum absolute atomic E-state index is 0.134. The van der Waals surface area contributed by atoms with Gasteiger partial charge in [-0.25, -0.2) is 4.39 Å². The normalized spacial score (nSPS) is 14.9. The van der Waals surface area contributed by atoms with Crippen LogP contribution in [0.1, 0.15) is 43.8 Å². The van der Waals surface area contributed by atoms with Crippen LogP contribution < -0.4 is 5.32 Å². The van der Waals surface area contributed by atoms with E-state index in [0.717, 1.165) is 18.7 Å². The first-order valence-electron chi connectivity index (χ1n) is 9.00. The first-order chi connectivity index (χ1) is 13.1. The van der Waals surface area contributed by atoms with Crippen LogP contribution in [0.15, 0.2) is 40.5 Å². The molecular weight excluding hydrogens is 431 g/mol. The Morgan fingerprint density at radius 2 is 2.15 bits per heavy atom. The molecule has 0 aliphatic heterocycles. The van der Waals surface area contributed by atoms with E-state index in [4.69, 9.17) is 0 Å². The summed E-state index contributed by atoms with van der Waals surface area (Å²) in [7, 11) is 0. The Morgan fingerprint density at radius 3 is 2.85 bits per heavy atom. The fourth-order valence-electron chi connectivity index (χ4n) is 3.28. The van der Waals surface area contributed by atoms with E-state index in [2.05, 4.69) is 38.0 Å². The summed E-state index contributed by atoms with van der Waals surface area (Å²) in [5.41, 5.74) is 0.166. The lowest BCUT2D eigenvalue weighted by molar-refractivity contribution is -0.113. The average molecular weight is 453 g/mol. The van der Waals surface area contributed by atoms with Crippen molar-refractivity contribution in [3.05, 3.63) is 47.0 Å². The summed E-state index contributed by atoms with van der Waals surface area (Å²) in [5.74, 6) is 0.781. The number of hydrogen-bond donors (Lipinski definition) is 1. The molecule has 0 spiro atoms. The van der Waals surface area contributed by atoms with Crippen LogP contribution in [0.2, 0.25) is 0 Å². The van der Waals surface area contributed by atoms with Crippen molar-refractivity contribution in [2.75, 3.05) is 11.1 Å². The fourth-order valence-corrected chi connectivity index (χ4v) is 4.37. The van der Waals surface area contributed by atoms with Gasteiger partial charge in [-0.3, -0.25) is 4.79 Å². The van der Waals surface area contributed by atoms with Gasteiger partial charge in [0.15, 0.2) is 5.16 Å². The first-order valence-corrected chi connectivity index (χ1v) is 10.8. The summed E-state index contributed by atoms with van der Waals surface area (Å²) in [4.78, 5) is 12.2. The molecule has 0 saturated heterocycles. The Bertz CT molecular complexity index is 820. The molecule has 27 heavy (non-hydrogen) atoms. The Kier molecular flexibility index (Phi) is 7.07. The number of nitrogens with one attached hydrogen (secondary N) is 1. The minimum atomic E-state index is -0.475. The van der Waals surface area contributed by atoms with Crippen LogP contribution in [0.4, 0.5) is 10.1 Å². The zero-order chi connectivity index (χ0) is 19.2. The first kappa shape index (κ1) is 20.1. The Hall–Kier alpha value is -1.67. The molecule has 1 aromatic carbocycles. The van der Waals surface area contributed by atoms with Gasteiger partial charge in [-0.1, -0.05) is 53.0 Å². The van der Waals surface area contributed by atoms with Crippen molar-refractivity contribution in [3.63, 3.8) is 0 Å². The summed E-state index contributed by atoms with van der Waals surface area (Å²) in [6.45, 7) is 4.44. The highest BCUT2D eigenvalue weighted by atomic mass is 79.9. The summed E-state index contributed by atoms with van der Waals surface area (Å²) in [6.07, 6.45) is 7.79. The molecule has 0 unspecified atom stereocenters. The summed E-state index contributed by atoms with van der Waals surface area (Å²) in [6, 6.07) is 4.53. The monoisotopic (exact) mass is 452 g/mol. The van der Waals surface area contributed by atoms with Gasteiger partial charge in [0.05, 0.1) is 11.4 Å². The number of anilines is 1. The smallest absolute Gasteiger partial charge is 0.234 e. The molecule has 144 valence electrons. The largest absolute Gasteiger partial charge is 0.323 e. The second-order valence-corrected chi connectivity index (χ2v) is 8.39. The second-order valence-electron chi connectivity index (χ2n) is 6.54. The van der Waals surface area contributed by atoms with Crippen LogP contribution in [-0.2, 0) is 11.3 Å². The van der Waals surface area contributed by atoms with E-state index in [1.807, 2.05) is 10.6 Å². The van der Waals surface area contributed by atoms with E-state index in [-0.39, 0.29) is 17.3 Å². The Labute approximate surface area is 171 Å². The highest BCUT2D eigenvalue weighted by molar-refractivity contribution is 9.10. The molecule has 1 aliphatic rings. The molecule has 1 heterocycles. The molecular formula is C19H22BrFN4OS. The molecule has 1 fully saturated rings. The lowest BCUT2D eigenvalue weighted by Gasteiger charge is -2.21. The maximum absolute atomic E-state index is 13.9. The molecule has 0 atom stereocenters. The zero-order valence-electron chi connectivity index (χ0n) is 15.0. The fraction of sp³-hybridized carbons (Fsp3) is 0.421. The van der Waals surface area contributed by atoms with Crippen molar-refractivity contribution in [1.82, 2.24) is 14.8 Å². The van der Waals surface area contributed by atoms with Crippen LogP contribution in [0.25, 0.3) is 0 Å². The number of benzene rings is 1. The molecule has 1 N–H and O–H groups in total. The third kappa shape index (κ3) is 5.19. The predicted molar refractivity (Wildman–Crippen MR) is 109 cm³/mol. The number of carbonyl (C=O) groups excluding carboxylic acids is 1. The van der Waals surface area contributed by atoms with Gasteiger partial charge in [0.25, 0.3) is 0 Å². The van der Waals surface area contributed by atoms with Gasteiger partial charge in [-0.15, -0.1) is 16.8 Å². The van der Waals surface area contributed by atoms with Gasteiger partial charge in [-0.2, -0.15) is 0 Å². The predicted octanol–water partition coefficient (Wildman–Crippen LogP) is 5.14. The summed E-state index contributed by atoms with van der Waals surface area (Å²) in [5, 5.41) is 12.0. The summed E-state index contributed by atoms with van der Waals surface area (Å²) >= 11 is 4.50. The lowest BCUT2D eigenvalue weighted by Crippen LogP contribution is -2.16. The van der Waals surface area contributed by atoms with E-state index < -0.39 is 5.82 Å². The molecule has 5 nitrogen and oxygen atoms in total. The topological polar surface area (TPSA) is 59.8 Å². The van der Waals surface area contributed by atoms with Crippen LogP contribution in [0.3, 0.4) is 0 Å². The maximum atomic E-state index is 13.9.